The second kappa shape index (κ2) is 16.2. The quantitative estimate of drug-likeness (QED) is 0.0731. The molecule has 0 aliphatic carbocycles. The van der Waals surface area contributed by atoms with Crippen LogP contribution in [0.15, 0.2) is 87.2 Å². The summed E-state index contributed by atoms with van der Waals surface area (Å²) in [5.74, 6) is -3.08. The number of esters is 3. The van der Waals surface area contributed by atoms with Gasteiger partial charge in [0.15, 0.2) is 0 Å². The van der Waals surface area contributed by atoms with E-state index in [1.165, 1.54) is 36.4 Å². The third-order valence-corrected chi connectivity index (χ3v) is 6.91. The van der Waals surface area contributed by atoms with Gasteiger partial charge in [0.2, 0.25) is 0 Å². The van der Waals surface area contributed by atoms with Gasteiger partial charge in [0.05, 0.1) is 51.1 Å². The van der Waals surface area contributed by atoms with Crippen LogP contribution in [0.3, 0.4) is 0 Å². The number of nitrogens with zero attached hydrogens (tertiary/aromatic N) is 6. The highest BCUT2D eigenvalue weighted by atomic mass is 16.6. The molecule has 3 aromatic carbocycles. The molecular weight excluding hydrogens is 684 g/mol. The van der Waals surface area contributed by atoms with Gasteiger partial charge in [0.25, 0.3) is 17.1 Å². The smallest absolute Gasteiger partial charge is 0.338 e. The molecule has 0 saturated heterocycles. The van der Waals surface area contributed by atoms with Crippen molar-refractivity contribution in [2.45, 2.75) is 19.6 Å². The van der Waals surface area contributed by atoms with Crippen molar-refractivity contribution in [3.63, 3.8) is 0 Å². The summed E-state index contributed by atoms with van der Waals surface area (Å²) in [6.45, 7) is -3.76. The lowest BCUT2D eigenvalue weighted by Crippen LogP contribution is -2.55. The molecule has 21 heteroatoms. The molecule has 51 heavy (non-hydrogen) atoms. The Morgan fingerprint density at radius 1 is 0.490 bits per heavy atom. The Bertz CT molecular complexity index is 1950. The van der Waals surface area contributed by atoms with E-state index in [0.717, 1.165) is 36.4 Å². The van der Waals surface area contributed by atoms with Crippen LogP contribution in [0, 0.1) is 30.3 Å². The number of non-ortho nitro benzene ring substituents is 3. The number of nitro benzene ring substituents is 3. The lowest BCUT2D eigenvalue weighted by atomic mass is 10.2. The summed E-state index contributed by atoms with van der Waals surface area (Å²) >= 11 is 0. The first kappa shape index (κ1) is 36.5. The van der Waals surface area contributed by atoms with Crippen LogP contribution in [0.4, 0.5) is 17.1 Å². The van der Waals surface area contributed by atoms with E-state index in [4.69, 9.17) is 14.2 Å². The molecule has 0 radical (unpaired) electrons. The summed E-state index contributed by atoms with van der Waals surface area (Å²) in [4.78, 5) is 108. The highest BCUT2D eigenvalue weighted by Crippen LogP contribution is 2.16. The number of hydrogen-bond donors (Lipinski definition) is 0. The lowest BCUT2D eigenvalue weighted by Gasteiger charge is -2.14. The highest BCUT2D eigenvalue weighted by molar-refractivity contribution is 5.91. The van der Waals surface area contributed by atoms with Crippen molar-refractivity contribution in [3.05, 3.63) is 151 Å². The Labute approximate surface area is 282 Å². The topological polar surface area (TPSA) is 274 Å². The molecule has 0 atom stereocenters. The van der Waals surface area contributed by atoms with E-state index in [0.29, 0.717) is 13.7 Å². The van der Waals surface area contributed by atoms with Crippen LogP contribution in [-0.4, -0.2) is 66.2 Å². The average molecular weight is 709 g/mol. The number of ether oxygens (including phenoxy) is 3. The van der Waals surface area contributed by atoms with Gasteiger partial charge in [-0.15, -0.1) is 0 Å². The van der Waals surface area contributed by atoms with Crippen molar-refractivity contribution in [1.82, 2.24) is 13.7 Å². The van der Waals surface area contributed by atoms with Crippen molar-refractivity contribution in [1.29, 1.82) is 0 Å². The fraction of sp³-hybridized carbons (Fsp3) is 0.200. The number of nitro groups is 3. The first-order valence-electron chi connectivity index (χ1n) is 14.5. The molecular formula is C30H24N6O15. The molecule has 0 unspecified atom stereocenters. The number of hydrogen-bond acceptors (Lipinski definition) is 15. The van der Waals surface area contributed by atoms with Gasteiger partial charge >= 0.3 is 35.0 Å². The molecule has 0 bridgehead atoms. The molecule has 0 N–H and O–H groups in total. The standard InChI is InChI=1S/C30H24N6O15/c37-25(19-4-1-7-22(16-19)34(43)44)49-13-10-31-28(40)32(11-14-50-26(38)20-5-2-8-23(17-20)35(45)46)30(42)33(29(31)41)12-15-51-27(39)21-6-3-9-24(18-21)36(47)48/h1-9,16-18H,10-15H2. The third kappa shape index (κ3) is 8.98. The minimum Gasteiger partial charge on any atom is -0.460 e. The van der Waals surface area contributed by atoms with Gasteiger partial charge in [-0.1, -0.05) is 18.2 Å². The molecule has 264 valence electrons. The molecule has 4 rings (SSSR count). The Morgan fingerprint density at radius 2 is 0.745 bits per heavy atom. The van der Waals surface area contributed by atoms with Crippen LogP contribution in [0.25, 0.3) is 0 Å². The normalized spacial score (nSPS) is 10.6. The SMILES string of the molecule is O=C(OCCn1c(=O)n(CCOC(=O)c2cccc([N+](=O)[O-])c2)c(=O)n(CCOC(=O)c2cccc([N+](=O)[O-])c2)c1=O)c1cccc([N+](=O)[O-])c1. The lowest BCUT2D eigenvalue weighted by molar-refractivity contribution is -0.385. The van der Waals surface area contributed by atoms with E-state index in [1.807, 2.05) is 0 Å². The minimum atomic E-state index is -1.22. The zero-order valence-electron chi connectivity index (χ0n) is 26.0. The molecule has 0 amide bonds. The molecule has 0 saturated carbocycles. The van der Waals surface area contributed by atoms with E-state index in [2.05, 4.69) is 0 Å². The number of benzene rings is 3. The van der Waals surface area contributed by atoms with Crippen LogP contribution < -0.4 is 17.1 Å². The van der Waals surface area contributed by atoms with E-state index in [1.54, 1.807) is 0 Å². The summed E-state index contributed by atoms with van der Waals surface area (Å²) in [7, 11) is 0. The monoisotopic (exact) mass is 708 g/mol. The van der Waals surface area contributed by atoms with Crippen LogP contribution in [-0.2, 0) is 33.8 Å². The van der Waals surface area contributed by atoms with Crippen LogP contribution in [0.1, 0.15) is 31.1 Å². The van der Waals surface area contributed by atoms with Gasteiger partial charge in [0.1, 0.15) is 19.8 Å². The van der Waals surface area contributed by atoms with E-state index in [9.17, 15) is 59.1 Å². The van der Waals surface area contributed by atoms with Crippen molar-refractivity contribution in [3.8, 4) is 0 Å². The molecule has 4 aromatic rings. The summed E-state index contributed by atoms with van der Waals surface area (Å²) in [5.41, 5.74) is -5.43. The zero-order valence-corrected chi connectivity index (χ0v) is 26.0. The Hall–Kier alpha value is -7.32. The Balaban J connectivity index is 1.55. The van der Waals surface area contributed by atoms with E-state index >= 15 is 0 Å². The molecule has 0 aliphatic heterocycles. The maximum atomic E-state index is 13.3. The van der Waals surface area contributed by atoms with Crippen molar-refractivity contribution >= 4 is 35.0 Å². The summed E-state index contributed by atoms with van der Waals surface area (Å²) in [6.07, 6.45) is 0. The Kier molecular flexibility index (Phi) is 11.6. The fourth-order valence-corrected chi connectivity index (χ4v) is 4.43. The average Bonchev–Trinajstić information content (AvgIpc) is 3.12. The molecule has 0 aliphatic rings. The Morgan fingerprint density at radius 3 is 0.980 bits per heavy atom. The number of carbonyl (C=O) groups is 3. The van der Waals surface area contributed by atoms with Gasteiger partial charge in [0, 0.05) is 36.4 Å². The summed E-state index contributed by atoms with van der Waals surface area (Å²) in [5, 5.41) is 33.1. The molecule has 21 nitrogen and oxygen atoms in total. The second-order valence-corrected chi connectivity index (χ2v) is 10.1. The highest BCUT2D eigenvalue weighted by Gasteiger charge is 2.20. The van der Waals surface area contributed by atoms with Gasteiger partial charge in [-0.25, -0.2) is 42.5 Å². The van der Waals surface area contributed by atoms with E-state index < -0.39 is 106 Å². The maximum Gasteiger partial charge on any atom is 0.338 e. The zero-order chi connectivity index (χ0) is 37.2. The van der Waals surface area contributed by atoms with Crippen molar-refractivity contribution in [2.24, 2.45) is 0 Å². The number of aromatic nitrogens is 3. The van der Waals surface area contributed by atoms with Crippen molar-refractivity contribution < 1.29 is 43.4 Å². The van der Waals surface area contributed by atoms with Gasteiger partial charge in [-0.3, -0.25) is 30.3 Å². The van der Waals surface area contributed by atoms with E-state index in [-0.39, 0.29) is 16.7 Å². The molecule has 0 spiro atoms. The first-order valence-corrected chi connectivity index (χ1v) is 14.5. The molecule has 0 fully saturated rings. The first-order chi connectivity index (χ1) is 24.3. The molecule has 1 heterocycles. The van der Waals surface area contributed by atoms with Gasteiger partial charge in [-0.2, -0.15) is 0 Å². The summed E-state index contributed by atoms with van der Waals surface area (Å²) < 4.78 is 16.7. The number of rotatable bonds is 15. The van der Waals surface area contributed by atoms with Crippen LogP contribution >= 0.6 is 0 Å². The van der Waals surface area contributed by atoms with Crippen molar-refractivity contribution in [2.75, 3.05) is 19.8 Å². The molecule has 1 aromatic heterocycles. The minimum absolute atomic E-state index is 0.199. The number of carbonyl (C=O) groups excluding carboxylic acids is 3. The van der Waals surface area contributed by atoms with Gasteiger partial charge < -0.3 is 14.2 Å². The predicted molar refractivity (Wildman–Crippen MR) is 169 cm³/mol. The summed E-state index contributed by atoms with van der Waals surface area (Å²) in [6, 6.07) is 13.7. The third-order valence-electron chi connectivity index (χ3n) is 6.91. The van der Waals surface area contributed by atoms with Crippen LogP contribution in [0.2, 0.25) is 0 Å². The maximum absolute atomic E-state index is 13.3. The van der Waals surface area contributed by atoms with Crippen LogP contribution in [0.5, 0.6) is 0 Å². The largest absolute Gasteiger partial charge is 0.460 e. The predicted octanol–water partition coefficient (Wildman–Crippen LogP) is 1.47. The van der Waals surface area contributed by atoms with Gasteiger partial charge in [-0.05, 0) is 18.2 Å². The fourth-order valence-electron chi connectivity index (χ4n) is 4.43. The second-order valence-electron chi connectivity index (χ2n) is 10.1.